The van der Waals surface area contributed by atoms with Gasteiger partial charge in [0.25, 0.3) is 0 Å². The van der Waals surface area contributed by atoms with Gasteiger partial charge in [-0.05, 0) is 49.6 Å². The van der Waals surface area contributed by atoms with Crippen LogP contribution in [0, 0.1) is 0 Å². The Labute approximate surface area is 114 Å². The van der Waals surface area contributed by atoms with Gasteiger partial charge in [0.15, 0.2) is 0 Å². The maximum Gasteiger partial charge on any atom is 0.0767 e. The first-order chi connectivity index (χ1) is 9.29. The monoisotopic (exact) mass is 255 g/mol. The Kier molecular flexibility index (Phi) is 3.38. The quantitative estimate of drug-likeness (QED) is 0.856. The van der Waals surface area contributed by atoms with Gasteiger partial charge in [-0.25, -0.2) is 0 Å². The molecule has 1 fully saturated rings. The number of anilines is 1. The maximum absolute atomic E-state index is 6.03. The summed E-state index contributed by atoms with van der Waals surface area (Å²) in [7, 11) is 0. The molecule has 1 aliphatic heterocycles. The summed E-state index contributed by atoms with van der Waals surface area (Å²) in [6.07, 6.45) is 5.74. The highest BCUT2D eigenvalue weighted by Gasteiger charge is 2.23. The second-order valence-corrected chi connectivity index (χ2v) is 5.39. The average molecular weight is 255 g/mol. The van der Waals surface area contributed by atoms with Crippen molar-refractivity contribution >= 4 is 16.6 Å². The van der Waals surface area contributed by atoms with Crippen LogP contribution in [-0.4, -0.2) is 22.5 Å². The van der Waals surface area contributed by atoms with Gasteiger partial charge in [-0.1, -0.05) is 13.0 Å². The maximum atomic E-state index is 6.03. The van der Waals surface area contributed by atoms with Crippen LogP contribution < -0.4 is 5.73 Å². The Bertz CT molecular complexity index is 579. The van der Waals surface area contributed by atoms with E-state index in [0.717, 1.165) is 29.2 Å². The van der Waals surface area contributed by atoms with E-state index in [2.05, 4.69) is 28.9 Å². The molecule has 2 aromatic rings. The highest BCUT2D eigenvalue weighted by molar-refractivity contribution is 5.92. The van der Waals surface area contributed by atoms with Gasteiger partial charge in [0.1, 0.15) is 0 Å². The fourth-order valence-corrected chi connectivity index (χ4v) is 3.17. The summed E-state index contributed by atoms with van der Waals surface area (Å²) < 4.78 is 0. The van der Waals surface area contributed by atoms with Gasteiger partial charge < -0.3 is 5.73 Å². The molecule has 1 atom stereocenters. The molecule has 19 heavy (non-hydrogen) atoms. The summed E-state index contributed by atoms with van der Waals surface area (Å²) in [6.45, 7) is 4.48. The molecule has 0 saturated carbocycles. The molecule has 0 radical (unpaired) electrons. The van der Waals surface area contributed by atoms with E-state index in [1.807, 2.05) is 18.3 Å². The van der Waals surface area contributed by atoms with E-state index in [0.29, 0.717) is 0 Å². The molecule has 3 rings (SSSR count). The van der Waals surface area contributed by atoms with Crippen molar-refractivity contribution in [3.63, 3.8) is 0 Å². The molecule has 0 amide bonds. The molecule has 2 heterocycles. The summed E-state index contributed by atoms with van der Waals surface area (Å²) in [5.41, 5.74) is 9.21. The molecule has 100 valence electrons. The number of nitrogens with two attached hydrogens (primary N) is 1. The predicted octanol–water partition coefficient (Wildman–Crippen LogP) is 3.19. The summed E-state index contributed by atoms with van der Waals surface area (Å²) in [6, 6.07) is 8.89. The van der Waals surface area contributed by atoms with Crippen molar-refractivity contribution in [2.75, 3.05) is 12.3 Å². The van der Waals surface area contributed by atoms with Crippen LogP contribution in [0.3, 0.4) is 0 Å². The standard InChI is InChI=1S/C16H21N3/c1-2-13-5-4-10-19(13)11-12-7-8-15(17)14-6-3-9-18-16(12)14/h3,6-9,13H,2,4-5,10-11,17H2,1H3. The zero-order valence-corrected chi connectivity index (χ0v) is 11.5. The zero-order chi connectivity index (χ0) is 13.2. The lowest BCUT2D eigenvalue weighted by Gasteiger charge is -2.23. The number of pyridine rings is 1. The molecule has 2 N–H and O–H groups in total. The van der Waals surface area contributed by atoms with Crippen molar-refractivity contribution in [3.8, 4) is 0 Å². The van der Waals surface area contributed by atoms with E-state index in [1.54, 1.807) is 0 Å². The molecule has 1 aromatic heterocycles. The first-order valence-electron chi connectivity index (χ1n) is 7.15. The van der Waals surface area contributed by atoms with Gasteiger partial charge in [-0.2, -0.15) is 0 Å². The van der Waals surface area contributed by atoms with Crippen LogP contribution >= 0.6 is 0 Å². The molecule has 3 heteroatoms. The first-order valence-corrected chi connectivity index (χ1v) is 7.15. The van der Waals surface area contributed by atoms with Crippen molar-refractivity contribution < 1.29 is 0 Å². The SMILES string of the molecule is CCC1CCCN1Cc1ccc(N)c2cccnc12. The third-order valence-corrected chi connectivity index (χ3v) is 4.23. The Morgan fingerprint density at radius 3 is 3.11 bits per heavy atom. The second kappa shape index (κ2) is 5.17. The topological polar surface area (TPSA) is 42.1 Å². The molecule has 0 aliphatic carbocycles. The number of likely N-dealkylation sites (tertiary alicyclic amines) is 1. The number of aromatic nitrogens is 1. The fourth-order valence-electron chi connectivity index (χ4n) is 3.17. The average Bonchev–Trinajstić information content (AvgIpc) is 2.89. The van der Waals surface area contributed by atoms with Crippen molar-refractivity contribution in [2.45, 2.75) is 38.8 Å². The van der Waals surface area contributed by atoms with Crippen molar-refractivity contribution in [3.05, 3.63) is 36.0 Å². The summed E-state index contributed by atoms with van der Waals surface area (Å²) in [5, 5.41) is 1.08. The lowest BCUT2D eigenvalue weighted by atomic mass is 10.1. The normalized spacial score (nSPS) is 20.2. The fraction of sp³-hybridized carbons (Fsp3) is 0.438. The van der Waals surface area contributed by atoms with Crippen molar-refractivity contribution in [2.24, 2.45) is 0 Å². The number of hydrogen-bond acceptors (Lipinski definition) is 3. The van der Waals surface area contributed by atoms with Crippen LogP contribution in [0.15, 0.2) is 30.5 Å². The Balaban J connectivity index is 1.95. The molecule has 1 unspecified atom stereocenters. The van der Waals surface area contributed by atoms with Gasteiger partial charge in [-0.15, -0.1) is 0 Å². The first kappa shape index (κ1) is 12.4. The van der Waals surface area contributed by atoms with Crippen LogP contribution in [0.1, 0.15) is 31.7 Å². The number of nitrogens with zero attached hydrogens (tertiary/aromatic N) is 2. The van der Waals surface area contributed by atoms with E-state index in [-0.39, 0.29) is 0 Å². The molecular formula is C16H21N3. The van der Waals surface area contributed by atoms with Crippen LogP contribution in [0.2, 0.25) is 0 Å². The van der Waals surface area contributed by atoms with Gasteiger partial charge >= 0.3 is 0 Å². The minimum Gasteiger partial charge on any atom is -0.398 e. The van der Waals surface area contributed by atoms with Gasteiger partial charge in [0.2, 0.25) is 0 Å². The van der Waals surface area contributed by atoms with Crippen molar-refractivity contribution in [1.82, 2.24) is 9.88 Å². The minimum absolute atomic E-state index is 0.733. The number of rotatable bonds is 3. The van der Waals surface area contributed by atoms with E-state index < -0.39 is 0 Å². The van der Waals surface area contributed by atoms with E-state index in [4.69, 9.17) is 5.73 Å². The summed E-state index contributed by atoms with van der Waals surface area (Å²) in [5.74, 6) is 0. The van der Waals surface area contributed by atoms with Crippen LogP contribution in [0.25, 0.3) is 10.9 Å². The lowest BCUT2D eigenvalue weighted by Crippen LogP contribution is -2.28. The molecule has 0 spiro atoms. The Morgan fingerprint density at radius 2 is 2.26 bits per heavy atom. The molecular weight excluding hydrogens is 234 g/mol. The highest BCUT2D eigenvalue weighted by Crippen LogP contribution is 2.27. The summed E-state index contributed by atoms with van der Waals surface area (Å²) >= 11 is 0. The third kappa shape index (κ3) is 2.30. The van der Waals surface area contributed by atoms with Gasteiger partial charge in [0, 0.05) is 29.9 Å². The largest absolute Gasteiger partial charge is 0.398 e. The lowest BCUT2D eigenvalue weighted by molar-refractivity contribution is 0.241. The third-order valence-electron chi connectivity index (χ3n) is 4.23. The second-order valence-electron chi connectivity index (χ2n) is 5.39. The zero-order valence-electron chi connectivity index (χ0n) is 11.5. The van der Waals surface area contributed by atoms with Crippen molar-refractivity contribution in [1.29, 1.82) is 0 Å². The van der Waals surface area contributed by atoms with Crippen LogP contribution in [-0.2, 0) is 6.54 Å². The van der Waals surface area contributed by atoms with E-state index >= 15 is 0 Å². The van der Waals surface area contributed by atoms with Gasteiger partial charge in [-0.3, -0.25) is 9.88 Å². The smallest absolute Gasteiger partial charge is 0.0767 e. The molecule has 1 aromatic carbocycles. The number of hydrogen-bond donors (Lipinski definition) is 1. The number of fused-ring (bicyclic) bond motifs is 1. The highest BCUT2D eigenvalue weighted by atomic mass is 15.2. The van der Waals surface area contributed by atoms with Crippen LogP contribution in [0.4, 0.5) is 5.69 Å². The molecule has 3 nitrogen and oxygen atoms in total. The Morgan fingerprint density at radius 1 is 1.37 bits per heavy atom. The number of benzene rings is 1. The van der Waals surface area contributed by atoms with Gasteiger partial charge in [0.05, 0.1) is 5.52 Å². The minimum atomic E-state index is 0.733. The molecule has 1 aliphatic rings. The van der Waals surface area contributed by atoms with Crippen LogP contribution in [0.5, 0.6) is 0 Å². The molecule has 1 saturated heterocycles. The predicted molar refractivity (Wildman–Crippen MR) is 79.9 cm³/mol. The van der Waals surface area contributed by atoms with E-state index in [1.165, 1.54) is 31.4 Å². The Hall–Kier alpha value is -1.61. The van der Waals surface area contributed by atoms with E-state index in [9.17, 15) is 0 Å². The number of nitrogen functional groups attached to an aromatic ring is 1. The molecule has 0 bridgehead atoms. The summed E-state index contributed by atoms with van der Waals surface area (Å²) in [4.78, 5) is 7.11.